The first kappa shape index (κ1) is 18.7. The van der Waals surface area contributed by atoms with Crippen molar-refractivity contribution in [3.05, 3.63) is 105 Å². The monoisotopic (exact) mass is 454 g/mol. The number of carbonyl (C=O) groups is 1. The van der Waals surface area contributed by atoms with Gasteiger partial charge in [0.25, 0.3) is 5.69 Å². The molecule has 4 rings (SSSR count). The summed E-state index contributed by atoms with van der Waals surface area (Å²) in [6.45, 7) is 0. The first-order chi connectivity index (χ1) is 13.5. The molecule has 4 nitrogen and oxygen atoms in total. The largest absolute Gasteiger partial charge is 0.618 e. The Labute approximate surface area is 175 Å². The van der Waals surface area contributed by atoms with Crippen molar-refractivity contribution < 1.29 is 9.52 Å². The van der Waals surface area contributed by atoms with Crippen LogP contribution in [-0.2, 0) is 0 Å². The fourth-order valence-electron chi connectivity index (χ4n) is 3.44. The summed E-state index contributed by atoms with van der Waals surface area (Å²) in [6.07, 6.45) is 3.45. The number of aromatic nitrogens is 2. The number of ketones is 1. The van der Waals surface area contributed by atoms with E-state index in [1.54, 1.807) is 18.2 Å². The van der Waals surface area contributed by atoms with Gasteiger partial charge in [0, 0.05) is 51.1 Å². The van der Waals surface area contributed by atoms with Gasteiger partial charge >= 0.3 is 0 Å². The Morgan fingerprint density at radius 2 is 1.93 bits per heavy atom. The van der Waals surface area contributed by atoms with Crippen LogP contribution in [0.5, 0.6) is 0 Å². The summed E-state index contributed by atoms with van der Waals surface area (Å²) < 4.78 is 1.58. The molecule has 0 amide bonds. The van der Waals surface area contributed by atoms with Crippen LogP contribution in [0.1, 0.15) is 34.0 Å². The summed E-state index contributed by atoms with van der Waals surface area (Å²) in [5.74, 6) is -0.423. The predicted molar refractivity (Wildman–Crippen MR) is 114 cm³/mol. The second-order valence-electron chi connectivity index (χ2n) is 6.58. The molecule has 28 heavy (non-hydrogen) atoms. The highest BCUT2D eigenvalue weighted by atomic mass is 79.9. The van der Waals surface area contributed by atoms with E-state index in [9.17, 15) is 10.0 Å². The molecule has 4 aromatic rings. The van der Waals surface area contributed by atoms with Crippen molar-refractivity contribution in [2.75, 3.05) is 0 Å². The maximum atomic E-state index is 12.9. The minimum atomic E-state index is -0.215. The summed E-state index contributed by atoms with van der Waals surface area (Å²) in [5, 5.41) is 13.7. The Balaban J connectivity index is 1.80. The summed E-state index contributed by atoms with van der Waals surface area (Å²) >= 11 is 9.58. The Bertz CT molecular complexity index is 1150. The summed E-state index contributed by atoms with van der Waals surface area (Å²) in [4.78, 5) is 16.2. The number of aromatic amines is 1. The zero-order chi connectivity index (χ0) is 19.7. The minimum absolute atomic E-state index is 0.141. The van der Waals surface area contributed by atoms with Gasteiger partial charge in [0.05, 0.1) is 0 Å². The summed E-state index contributed by atoms with van der Waals surface area (Å²) in [6, 6.07) is 18.3. The van der Waals surface area contributed by atoms with Crippen molar-refractivity contribution >= 4 is 44.2 Å². The lowest BCUT2D eigenvalue weighted by atomic mass is 9.86. The smallest absolute Gasteiger partial charge is 0.259 e. The molecule has 2 heterocycles. The Kier molecular flexibility index (Phi) is 5.20. The maximum Gasteiger partial charge on any atom is 0.259 e. The molecule has 0 radical (unpaired) electrons. The number of benzene rings is 2. The first-order valence-electron chi connectivity index (χ1n) is 8.76. The van der Waals surface area contributed by atoms with E-state index in [1.807, 2.05) is 48.7 Å². The van der Waals surface area contributed by atoms with E-state index < -0.39 is 0 Å². The molecule has 2 aromatic heterocycles. The van der Waals surface area contributed by atoms with Gasteiger partial charge in [0.15, 0.2) is 6.20 Å². The van der Waals surface area contributed by atoms with Crippen molar-refractivity contribution in [3.63, 3.8) is 0 Å². The van der Waals surface area contributed by atoms with Gasteiger partial charge < -0.3 is 10.2 Å². The van der Waals surface area contributed by atoms with Gasteiger partial charge in [-0.3, -0.25) is 4.79 Å². The van der Waals surface area contributed by atoms with Crippen LogP contribution in [0.4, 0.5) is 0 Å². The van der Waals surface area contributed by atoms with Crippen LogP contribution in [0.2, 0.25) is 5.02 Å². The van der Waals surface area contributed by atoms with E-state index >= 15 is 0 Å². The van der Waals surface area contributed by atoms with Crippen molar-refractivity contribution in [1.82, 2.24) is 4.98 Å². The van der Waals surface area contributed by atoms with Crippen molar-refractivity contribution in [3.8, 4) is 0 Å². The molecule has 6 heteroatoms. The number of H-pyrrole nitrogens is 1. The van der Waals surface area contributed by atoms with Crippen LogP contribution in [0.25, 0.3) is 10.9 Å². The van der Waals surface area contributed by atoms with Crippen molar-refractivity contribution in [1.29, 1.82) is 0 Å². The molecular formula is C22H16BrClN2O2. The van der Waals surface area contributed by atoms with E-state index in [2.05, 4.69) is 20.9 Å². The molecule has 0 aliphatic heterocycles. The number of carbonyl (C=O) groups excluding carboxylic acids is 1. The lowest BCUT2D eigenvalue weighted by Crippen LogP contribution is -2.34. The van der Waals surface area contributed by atoms with Gasteiger partial charge in [0.2, 0.25) is 5.78 Å². The highest BCUT2D eigenvalue weighted by molar-refractivity contribution is 9.10. The number of hydrogen-bond donors (Lipinski definition) is 1. The second-order valence-corrected chi connectivity index (χ2v) is 7.93. The number of halogens is 2. The quantitative estimate of drug-likeness (QED) is 0.241. The number of nitrogens with one attached hydrogen (secondary N) is 1. The van der Waals surface area contributed by atoms with Crippen molar-refractivity contribution in [2.24, 2.45) is 0 Å². The average molecular weight is 456 g/mol. The van der Waals surface area contributed by atoms with Crippen LogP contribution in [-0.4, -0.2) is 10.8 Å². The number of Topliss-reactive ketones (excluding diaryl/α,β-unsaturated/α-hetero) is 1. The zero-order valence-electron chi connectivity index (χ0n) is 14.7. The van der Waals surface area contributed by atoms with Gasteiger partial charge in [-0.15, -0.1) is 0 Å². The van der Waals surface area contributed by atoms with Gasteiger partial charge in [-0.2, -0.15) is 4.73 Å². The molecule has 0 aliphatic carbocycles. The third-order valence-corrected chi connectivity index (χ3v) is 5.57. The topological polar surface area (TPSA) is 59.8 Å². The van der Waals surface area contributed by atoms with Gasteiger partial charge in [-0.1, -0.05) is 39.7 Å². The number of hydrogen-bond acceptors (Lipinski definition) is 2. The minimum Gasteiger partial charge on any atom is -0.618 e. The molecule has 0 saturated heterocycles. The molecule has 0 bridgehead atoms. The molecule has 1 atom stereocenters. The molecule has 0 unspecified atom stereocenters. The highest BCUT2D eigenvalue weighted by Crippen LogP contribution is 2.35. The number of fused-ring (bicyclic) bond motifs is 1. The maximum absolute atomic E-state index is 12.9. The number of nitrogens with zero attached hydrogens (tertiary/aromatic N) is 1. The normalized spacial score (nSPS) is 12.2. The van der Waals surface area contributed by atoms with E-state index in [1.165, 1.54) is 6.20 Å². The van der Waals surface area contributed by atoms with E-state index in [4.69, 9.17) is 11.6 Å². The number of rotatable bonds is 5. The summed E-state index contributed by atoms with van der Waals surface area (Å²) in [7, 11) is 0. The first-order valence-corrected chi connectivity index (χ1v) is 9.93. The average Bonchev–Trinajstić information content (AvgIpc) is 3.10. The van der Waals surface area contributed by atoms with E-state index in [0.717, 1.165) is 26.5 Å². The third kappa shape index (κ3) is 3.68. The van der Waals surface area contributed by atoms with Crippen molar-refractivity contribution in [2.45, 2.75) is 12.3 Å². The Morgan fingerprint density at radius 3 is 2.68 bits per heavy atom. The van der Waals surface area contributed by atoms with E-state index in [0.29, 0.717) is 9.75 Å². The molecule has 0 fully saturated rings. The van der Waals surface area contributed by atoms with Gasteiger partial charge in [-0.05, 0) is 47.5 Å². The fourth-order valence-corrected chi connectivity index (χ4v) is 3.93. The molecule has 0 spiro atoms. The zero-order valence-corrected chi connectivity index (χ0v) is 17.1. The Morgan fingerprint density at radius 1 is 1.14 bits per heavy atom. The van der Waals surface area contributed by atoms with Crippen LogP contribution in [0.3, 0.4) is 0 Å². The van der Waals surface area contributed by atoms with Gasteiger partial charge in [-0.25, -0.2) is 0 Å². The standard InChI is InChI=1S/C22H16BrClN2O2/c23-15-6-9-20-18(11-15)19(13-25-20)17(14-4-7-16(24)8-5-14)12-22(27)21-3-1-2-10-26(21)28/h1-11,13,17,25H,12H2/t17-/m0/s1. The lowest BCUT2D eigenvalue weighted by Gasteiger charge is -2.17. The third-order valence-electron chi connectivity index (χ3n) is 4.82. The molecule has 0 aliphatic rings. The molecular weight excluding hydrogens is 440 g/mol. The molecule has 140 valence electrons. The Hall–Kier alpha value is -2.63. The second kappa shape index (κ2) is 7.78. The SMILES string of the molecule is O=C(C[C@@H](c1ccc(Cl)cc1)c1c[nH]c2ccc(Br)cc12)c1cccc[n+]1[O-]. The molecule has 2 aromatic carbocycles. The van der Waals surface area contributed by atoms with E-state index in [-0.39, 0.29) is 23.8 Å². The van der Waals surface area contributed by atoms with Crippen LogP contribution in [0, 0.1) is 5.21 Å². The molecule has 0 saturated carbocycles. The van der Waals surface area contributed by atoms with Crippen LogP contribution >= 0.6 is 27.5 Å². The van der Waals surface area contributed by atoms with Crippen LogP contribution < -0.4 is 4.73 Å². The highest BCUT2D eigenvalue weighted by Gasteiger charge is 2.25. The fraction of sp³-hybridized carbons (Fsp3) is 0.0909. The van der Waals surface area contributed by atoms with Crippen LogP contribution in [0.15, 0.2) is 77.5 Å². The number of pyridine rings is 1. The lowest BCUT2D eigenvalue weighted by molar-refractivity contribution is -0.607. The molecule has 1 N–H and O–H groups in total. The van der Waals surface area contributed by atoms with Gasteiger partial charge in [0.1, 0.15) is 0 Å². The summed E-state index contributed by atoms with van der Waals surface area (Å²) in [5.41, 5.74) is 3.10. The predicted octanol–water partition coefficient (Wildman–Crippen LogP) is 5.62.